The van der Waals surface area contributed by atoms with Crippen molar-refractivity contribution in [1.29, 1.82) is 0 Å². The highest BCUT2D eigenvalue weighted by Crippen LogP contribution is 2.21. The molecule has 0 saturated carbocycles. The fraction of sp³-hybridized carbons (Fsp3) is 0.636. The summed E-state index contributed by atoms with van der Waals surface area (Å²) in [5.74, 6) is 1.43. The predicted molar refractivity (Wildman–Crippen MR) is 63.7 cm³/mol. The molecule has 88 valence electrons. The summed E-state index contributed by atoms with van der Waals surface area (Å²) in [6.45, 7) is 3.90. The number of nitrogens with one attached hydrogen (secondary N) is 1. The van der Waals surface area contributed by atoms with Gasteiger partial charge in [-0.25, -0.2) is 0 Å². The highest BCUT2D eigenvalue weighted by atomic mass is 35.5. The standard InChI is InChI=1S/C11H16ClN3O/c1-8(9-4-6-16-7-5-9)13-11-3-2-10(12)14-15-11/h2-3,8-9H,4-7H2,1H3,(H,13,15). The van der Waals surface area contributed by atoms with Gasteiger partial charge in [0.1, 0.15) is 5.82 Å². The van der Waals surface area contributed by atoms with Gasteiger partial charge in [0.2, 0.25) is 0 Å². The van der Waals surface area contributed by atoms with E-state index in [4.69, 9.17) is 16.3 Å². The summed E-state index contributed by atoms with van der Waals surface area (Å²) >= 11 is 5.68. The second kappa shape index (κ2) is 5.46. The summed E-state index contributed by atoms with van der Waals surface area (Å²) in [6, 6.07) is 3.98. The maximum atomic E-state index is 5.68. The van der Waals surface area contributed by atoms with Gasteiger partial charge in [-0.1, -0.05) is 11.6 Å². The number of anilines is 1. The van der Waals surface area contributed by atoms with Crippen LogP contribution in [0.4, 0.5) is 5.82 Å². The Labute approximate surface area is 100 Å². The zero-order chi connectivity index (χ0) is 11.4. The Morgan fingerprint density at radius 1 is 1.38 bits per heavy atom. The molecule has 2 rings (SSSR count). The van der Waals surface area contributed by atoms with Crippen LogP contribution in [0.15, 0.2) is 12.1 Å². The third-order valence-corrected chi connectivity index (χ3v) is 3.18. The van der Waals surface area contributed by atoms with E-state index in [0.29, 0.717) is 17.1 Å². The molecule has 1 aliphatic heterocycles. The number of nitrogens with zero attached hydrogens (tertiary/aromatic N) is 2. The molecule has 0 bridgehead atoms. The lowest BCUT2D eigenvalue weighted by Crippen LogP contribution is -2.31. The summed E-state index contributed by atoms with van der Waals surface area (Å²) in [7, 11) is 0. The molecule has 0 radical (unpaired) electrons. The maximum Gasteiger partial charge on any atom is 0.151 e. The van der Waals surface area contributed by atoms with Crippen LogP contribution in [0.1, 0.15) is 19.8 Å². The maximum absolute atomic E-state index is 5.68. The molecule has 0 amide bonds. The SMILES string of the molecule is CC(Nc1ccc(Cl)nn1)C1CCOCC1. The van der Waals surface area contributed by atoms with Crippen molar-refractivity contribution in [2.45, 2.75) is 25.8 Å². The largest absolute Gasteiger partial charge is 0.381 e. The number of aromatic nitrogens is 2. The Morgan fingerprint density at radius 2 is 2.12 bits per heavy atom. The predicted octanol–water partition coefficient (Wildman–Crippen LogP) is 2.36. The zero-order valence-corrected chi connectivity index (χ0v) is 10.1. The smallest absolute Gasteiger partial charge is 0.151 e. The molecule has 1 aromatic rings. The third-order valence-electron chi connectivity index (χ3n) is 2.98. The number of hydrogen-bond donors (Lipinski definition) is 1. The first-order valence-corrected chi connectivity index (χ1v) is 5.97. The molecule has 0 aromatic carbocycles. The van der Waals surface area contributed by atoms with E-state index >= 15 is 0 Å². The van der Waals surface area contributed by atoms with Crippen LogP contribution in [0.2, 0.25) is 5.15 Å². The van der Waals surface area contributed by atoms with Crippen molar-refractivity contribution < 1.29 is 4.74 Å². The average molecular weight is 242 g/mol. The van der Waals surface area contributed by atoms with E-state index in [1.54, 1.807) is 6.07 Å². The van der Waals surface area contributed by atoms with Crippen LogP contribution < -0.4 is 5.32 Å². The lowest BCUT2D eigenvalue weighted by Gasteiger charge is -2.28. The van der Waals surface area contributed by atoms with Gasteiger partial charge < -0.3 is 10.1 Å². The van der Waals surface area contributed by atoms with E-state index in [0.717, 1.165) is 31.9 Å². The molecule has 2 heterocycles. The molecular formula is C11H16ClN3O. The minimum Gasteiger partial charge on any atom is -0.381 e. The van der Waals surface area contributed by atoms with Crippen molar-refractivity contribution in [3.63, 3.8) is 0 Å². The Morgan fingerprint density at radius 3 is 2.75 bits per heavy atom. The molecule has 1 fully saturated rings. The second-order valence-corrected chi connectivity index (χ2v) is 4.51. The molecule has 0 aliphatic carbocycles. The summed E-state index contributed by atoms with van der Waals surface area (Å²) in [5.41, 5.74) is 0. The van der Waals surface area contributed by atoms with Gasteiger partial charge in [-0.15, -0.1) is 10.2 Å². The van der Waals surface area contributed by atoms with Gasteiger partial charge in [-0.2, -0.15) is 0 Å². The first-order chi connectivity index (χ1) is 7.75. The second-order valence-electron chi connectivity index (χ2n) is 4.12. The zero-order valence-electron chi connectivity index (χ0n) is 9.32. The Balaban J connectivity index is 1.90. The van der Waals surface area contributed by atoms with Crippen LogP contribution in [-0.4, -0.2) is 29.5 Å². The monoisotopic (exact) mass is 241 g/mol. The summed E-state index contributed by atoms with van der Waals surface area (Å²) in [4.78, 5) is 0. The molecule has 1 aromatic heterocycles. The molecule has 1 atom stereocenters. The van der Waals surface area contributed by atoms with E-state index in [9.17, 15) is 0 Å². The quantitative estimate of drug-likeness (QED) is 0.883. The highest BCUT2D eigenvalue weighted by Gasteiger charge is 2.20. The molecular weight excluding hydrogens is 226 g/mol. The highest BCUT2D eigenvalue weighted by molar-refractivity contribution is 6.29. The van der Waals surface area contributed by atoms with Crippen LogP contribution in [0.25, 0.3) is 0 Å². The van der Waals surface area contributed by atoms with Crippen LogP contribution in [0.5, 0.6) is 0 Å². The van der Waals surface area contributed by atoms with Gasteiger partial charge in [0.05, 0.1) is 0 Å². The van der Waals surface area contributed by atoms with Crippen molar-refractivity contribution in [1.82, 2.24) is 10.2 Å². The van der Waals surface area contributed by atoms with E-state index in [2.05, 4.69) is 22.4 Å². The molecule has 5 heteroatoms. The van der Waals surface area contributed by atoms with Crippen molar-refractivity contribution >= 4 is 17.4 Å². The molecule has 0 spiro atoms. The van der Waals surface area contributed by atoms with Crippen LogP contribution >= 0.6 is 11.6 Å². The van der Waals surface area contributed by atoms with Crippen molar-refractivity contribution in [2.75, 3.05) is 18.5 Å². The lowest BCUT2D eigenvalue weighted by atomic mass is 9.93. The number of halogens is 1. The fourth-order valence-corrected chi connectivity index (χ4v) is 2.06. The van der Waals surface area contributed by atoms with E-state index < -0.39 is 0 Å². The van der Waals surface area contributed by atoms with E-state index in [1.807, 2.05) is 6.07 Å². The summed E-state index contributed by atoms with van der Waals surface area (Å²) < 4.78 is 5.34. The van der Waals surface area contributed by atoms with Gasteiger partial charge in [-0.3, -0.25) is 0 Å². The summed E-state index contributed by atoms with van der Waals surface area (Å²) in [6.07, 6.45) is 2.21. The molecule has 1 unspecified atom stereocenters. The molecule has 16 heavy (non-hydrogen) atoms. The van der Waals surface area contributed by atoms with Crippen molar-refractivity contribution in [2.24, 2.45) is 5.92 Å². The van der Waals surface area contributed by atoms with Gasteiger partial charge in [0.25, 0.3) is 0 Å². The topological polar surface area (TPSA) is 47.0 Å². The van der Waals surface area contributed by atoms with E-state index in [-0.39, 0.29) is 0 Å². The number of rotatable bonds is 3. The lowest BCUT2D eigenvalue weighted by molar-refractivity contribution is 0.0622. The Bertz CT molecular complexity index is 325. The minimum atomic E-state index is 0.388. The van der Waals surface area contributed by atoms with Crippen molar-refractivity contribution in [3.05, 3.63) is 17.3 Å². The van der Waals surface area contributed by atoms with Crippen LogP contribution in [-0.2, 0) is 4.74 Å². The summed E-state index contributed by atoms with van der Waals surface area (Å²) in [5, 5.41) is 11.6. The van der Waals surface area contributed by atoms with E-state index in [1.165, 1.54) is 0 Å². The Kier molecular flexibility index (Phi) is 3.96. The van der Waals surface area contributed by atoms with Gasteiger partial charge in [0.15, 0.2) is 5.15 Å². The average Bonchev–Trinajstić information content (AvgIpc) is 2.33. The third kappa shape index (κ3) is 3.06. The van der Waals surface area contributed by atoms with Crippen molar-refractivity contribution in [3.8, 4) is 0 Å². The van der Waals surface area contributed by atoms with Gasteiger partial charge in [0, 0.05) is 19.3 Å². The van der Waals surface area contributed by atoms with Crippen LogP contribution in [0, 0.1) is 5.92 Å². The Hall–Kier alpha value is -0.870. The van der Waals surface area contributed by atoms with Gasteiger partial charge >= 0.3 is 0 Å². The van der Waals surface area contributed by atoms with Gasteiger partial charge in [-0.05, 0) is 37.8 Å². The molecule has 1 aliphatic rings. The first kappa shape index (κ1) is 11.6. The minimum absolute atomic E-state index is 0.388. The fourth-order valence-electron chi connectivity index (χ4n) is 1.96. The molecule has 1 saturated heterocycles. The van der Waals surface area contributed by atoms with Crippen LogP contribution in [0.3, 0.4) is 0 Å². The molecule has 4 nitrogen and oxygen atoms in total. The molecule has 1 N–H and O–H groups in total. The number of ether oxygens (including phenoxy) is 1. The number of hydrogen-bond acceptors (Lipinski definition) is 4. The first-order valence-electron chi connectivity index (χ1n) is 5.59. The normalized spacial score (nSPS) is 19.4.